The fraction of sp³-hybridized carbons (Fsp3) is 0.667. The molecule has 0 bridgehead atoms. The topological polar surface area (TPSA) is 60.7 Å². The van der Waals surface area contributed by atoms with E-state index < -0.39 is 5.97 Å². The molecule has 0 aliphatic heterocycles. The van der Waals surface area contributed by atoms with E-state index in [1.807, 2.05) is 6.92 Å². The molecule has 0 rings (SSSR count). The van der Waals surface area contributed by atoms with Gasteiger partial charge in [-0.25, -0.2) is 0 Å². The van der Waals surface area contributed by atoms with E-state index in [1.165, 1.54) is 6.08 Å². The van der Waals surface area contributed by atoms with Crippen molar-refractivity contribution in [2.75, 3.05) is 0 Å². The van der Waals surface area contributed by atoms with E-state index in [9.17, 15) is 0 Å². The number of hydrogen-bond acceptors (Lipinski definition) is 3. The number of unbranched alkanes of at least 4 members (excludes halogenated alkanes) is 1. The van der Waals surface area contributed by atoms with E-state index in [2.05, 4.69) is 0 Å². The van der Waals surface area contributed by atoms with Gasteiger partial charge in [0.15, 0.2) is 0 Å². The Morgan fingerprint density at radius 2 is 2.00 bits per heavy atom. The van der Waals surface area contributed by atoms with Crippen LogP contribution in [0.1, 0.15) is 19.8 Å². The van der Waals surface area contributed by atoms with Crippen LogP contribution in [0.15, 0.2) is 11.1 Å². The van der Waals surface area contributed by atoms with Crippen LogP contribution < -0.4 is 0 Å². The lowest BCUT2D eigenvalue weighted by molar-refractivity contribution is -0.277. The van der Waals surface area contributed by atoms with Crippen molar-refractivity contribution in [3.63, 3.8) is 0 Å². The van der Waals surface area contributed by atoms with Crippen molar-refractivity contribution >= 4 is 11.6 Å². The summed E-state index contributed by atoms with van der Waals surface area (Å²) in [6.07, 6.45) is 2.82. The van der Waals surface area contributed by atoms with Crippen LogP contribution in [0, 0.1) is 0 Å². The average molecular weight is 167 g/mol. The summed E-state index contributed by atoms with van der Waals surface area (Å²) in [6.45, 7) is 1.91. The molecule has 0 aromatic rings. The van der Waals surface area contributed by atoms with Crippen LogP contribution in [0.25, 0.3) is 0 Å². The third kappa shape index (κ3) is 3.85. The van der Waals surface area contributed by atoms with Gasteiger partial charge >= 0.3 is 5.97 Å². The van der Waals surface area contributed by atoms with Gasteiger partial charge in [0.1, 0.15) is 5.03 Å². The van der Waals surface area contributed by atoms with Gasteiger partial charge in [0.2, 0.25) is 0 Å². The van der Waals surface area contributed by atoms with Crippen LogP contribution in [0.5, 0.6) is 0 Å². The molecule has 0 saturated heterocycles. The monoisotopic (exact) mass is 166 g/mol. The molecule has 0 fully saturated rings. The molecule has 4 heteroatoms. The largest absolute Gasteiger partial charge is 0.339 e. The summed E-state index contributed by atoms with van der Waals surface area (Å²) in [7, 11) is 0. The van der Waals surface area contributed by atoms with Crippen LogP contribution in [0.4, 0.5) is 0 Å². The Bertz CT molecular complexity index is 125. The minimum Gasteiger partial charge on any atom is -0.339 e. The summed E-state index contributed by atoms with van der Waals surface area (Å²) in [5.74, 6) is -2.86. The molecule has 0 radical (unpaired) electrons. The molecule has 0 aliphatic carbocycles. The van der Waals surface area contributed by atoms with Gasteiger partial charge in [0.05, 0.1) is 0 Å². The molecule has 0 aliphatic rings. The smallest absolute Gasteiger partial charge is 0.315 e. The molecular weight excluding hydrogens is 156 g/mol. The molecule has 0 spiro atoms. The highest BCUT2D eigenvalue weighted by Crippen LogP contribution is 2.15. The highest BCUT2D eigenvalue weighted by atomic mass is 35.5. The van der Waals surface area contributed by atoms with Crippen molar-refractivity contribution in [3.8, 4) is 0 Å². The number of hydrogen-bond donors (Lipinski definition) is 3. The fourth-order valence-corrected chi connectivity index (χ4v) is 0.517. The summed E-state index contributed by atoms with van der Waals surface area (Å²) in [4.78, 5) is 0. The molecule has 0 saturated carbocycles. The summed E-state index contributed by atoms with van der Waals surface area (Å²) in [5.41, 5.74) is 0. The van der Waals surface area contributed by atoms with Crippen molar-refractivity contribution in [1.29, 1.82) is 0 Å². The van der Waals surface area contributed by atoms with E-state index in [4.69, 9.17) is 26.9 Å². The molecule has 60 valence electrons. The van der Waals surface area contributed by atoms with Gasteiger partial charge in [-0.2, -0.15) is 0 Å². The van der Waals surface area contributed by atoms with Gasteiger partial charge in [-0.15, -0.1) is 0 Å². The van der Waals surface area contributed by atoms with Gasteiger partial charge < -0.3 is 15.3 Å². The van der Waals surface area contributed by atoms with Crippen LogP contribution >= 0.6 is 11.6 Å². The lowest BCUT2D eigenvalue weighted by Gasteiger charge is -2.11. The van der Waals surface area contributed by atoms with Crippen LogP contribution in [0.3, 0.4) is 0 Å². The zero-order valence-electron chi connectivity index (χ0n) is 5.71. The van der Waals surface area contributed by atoms with Gasteiger partial charge in [0, 0.05) is 0 Å². The van der Waals surface area contributed by atoms with E-state index in [0.717, 1.165) is 6.42 Å². The minimum absolute atomic E-state index is 0.352. The van der Waals surface area contributed by atoms with Crippen molar-refractivity contribution in [2.24, 2.45) is 0 Å². The Labute approximate surface area is 64.6 Å². The van der Waals surface area contributed by atoms with E-state index in [0.29, 0.717) is 6.42 Å². The van der Waals surface area contributed by atoms with E-state index >= 15 is 0 Å². The minimum atomic E-state index is -2.86. The Morgan fingerprint density at radius 3 is 2.30 bits per heavy atom. The SMILES string of the molecule is CCC/C=C(\Cl)C(O)(O)O. The van der Waals surface area contributed by atoms with Crippen molar-refractivity contribution < 1.29 is 15.3 Å². The second-order valence-corrected chi connectivity index (χ2v) is 2.38. The molecular formula is C6H11ClO3. The molecule has 0 amide bonds. The third-order valence-electron chi connectivity index (χ3n) is 0.933. The van der Waals surface area contributed by atoms with E-state index in [1.54, 1.807) is 0 Å². The van der Waals surface area contributed by atoms with Gasteiger partial charge in [-0.05, 0) is 6.42 Å². The maximum absolute atomic E-state index is 8.42. The molecule has 0 atom stereocenters. The third-order valence-corrected chi connectivity index (χ3v) is 1.34. The first-order valence-electron chi connectivity index (χ1n) is 3.01. The maximum atomic E-state index is 8.42. The van der Waals surface area contributed by atoms with Crippen molar-refractivity contribution in [2.45, 2.75) is 25.7 Å². The molecule has 0 aromatic heterocycles. The Hall–Kier alpha value is -0.0900. The second-order valence-electron chi connectivity index (χ2n) is 1.98. The highest BCUT2D eigenvalue weighted by molar-refractivity contribution is 6.30. The molecule has 0 heterocycles. The molecule has 3 N–H and O–H groups in total. The average Bonchev–Trinajstić information content (AvgIpc) is 1.80. The summed E-state index contributed by atoms with van der Waals surface area (Å²) >= 11 is 5.25. The van der Waals surface area contributed by atoms with Gasteiger partial charge in [-0.1, -0.05) is 31.0 Å². The molecule has 0 aromatic carbocycles. The predicted molar refractivity (Wildman–Crippen MR) is 38.2 cm³/mol. The van der Waals surface area contributed by atoms with E-state index in [-0.39, 0.29) is 5.03 Å². The summed E-state index contributed by atoms with van der Waals surface area (Å²) in [6, 6.07) is 0. The summed E-state index contributed by atoms with van der Waals surface area (Å²) in [5, 5.41) is 24.9. The molecule has 3 nitrogen and oxygen atoms in total. The first-order valence-corrected chi connectivity index (χ1v) is 3.39. The van der Waals surface area contributed by atoms with Crippen molar-refractivity contribution in [3.05, 3.63) is 11.1 Å². The quantitative estimate of drug-likeness (QED) is 0.537. The van der Waals surface area contributed by atoms with Gasteiger partial charge in [0.25, 0.3) is 0 Å². The zero-order chi connectivity index (χ0) is 8.20. The maximum Gasteiger partial charge on any atom is 0.315 e. The molecule has 0 unspecified atom stereocenters. The highest BCUT2D eigenvalue weighted by Gasteiger charge is 2.22. The first kappa shape index (κ1) is 9.91. The Morgan fingerprint density at radius 1 is 1.50 bits per heavy atom. The lowest BCUT2D eigenvalue weighted by Crippen LogP contribution is -2.27. The normalized spacial score (nSPS) is 13.9. The van der Waals surface area contributed by atoms with Crippen LogP contribution in [-0.4, -0.2) is 21.3 Å². The standard InChI is InChI=1S/C6H11ClO3/c1-2-3-4-5(7)6(8,9)10/h4,8-10H,2-3H2,1H3/b5-4-. The lowest BCUT2D eigenvalue weighted by atomic mass is 10.3. The van der Waals surface area contributed by atoms with Gasteiger partial charge in [-0.3, -0.25) is 0 Å². The first-order chi connectivity index (χ1) is 4.48. The second kappa shape index (κ2) is 3.93. The van der Waals surface area contributed by atoms with Crippen LogP contribution in [-0.2, 0) is 0 Å². The van der Waals surface area contributed by atoms with Crippen molar-refractivity contribution in [1.82, 2.24) is 0 Å². The zero-order valence-corrected chi connectivity index (χ0v) is 6.47. The Kier molecular flexibility index (Phi) is 3.89. The summed E-state index contributed by atoms with van der Waals surface area (Å²) < 4.78 is 0. The number of allylic oxidation sites excluding steroid dienone is 1. The number of halogens is 1. The number of rotatable bonds is 3. The fourth-order valence-electron chi connectivity index (χ4n) is 0.408. The van der Waals surface area contributed by atoms with Crippen LogP contribution in [0.2, 0.25) is 0 Å². The Balaban J connectivity index is 3.93. The predicted octanol–water partition coefficient (Wildman–Crippen LogP) is 0.540. The molecule has 10 heavy (non-hydrogen) atoms. The number of aliphatic hydroxyl groups is 3.